The van der Waals surface area contributed by atoms with Gasteiger partial charge in [0, 0.05) is 18.7 Å². The second kappa shape index (κ2) is 9.52. The van der Waals surface area contributed by atoms with Crippen LogP contribution in [-0.4, -0.2) is 34.7 Å². The molecule has 2 aromatic carbocycles. The van der Waals surface area contributed by atoms with Gasteiger partial charge in [0.25, 0.3) is 5.24 Å². The number of nitrogens with zero attached hydrogens (tertiary/aromatic N) is 1. The van der Waals surface area contributed by atoms with Crippen LogP contribution in [0.5, 0.6) is 5.75 Å². The van der Waals surface area contributed by atoms with Gasteiger partial charge < -0.3 is 10.1 Å². The summed E-state index contributed by atoms with van der Waals surface area (Å²) < 4.78 is 5.15. The van der Waals surface area contributed by atoms with Gasteiger partial charge in [0.05, 0.1) is 12.0 Å². The third-order valence-corrected chi connectivity index (χ3v) is 5.63. The van der Waals surface area contributed by atoms with Crippen LogP contribution in [0.2, 0.25) is 0 Å². The first-order valence-electron chi connectivity index (χ1n) is 8.81. The standard InChI is InChI=1S/C21H20N2O3S2/c1-26-17-11-9-15(10-12-17)14-18-20(27)23(21(25)28-18)13-5-8-19(24)22-16-6-3-2-4-7-16/h2-4,6-7,9-12,14H,5,8,13H2,1H3,(H,22,24)/b18-14+. The number of anilines is 1. The third kappa shape index (κ3) is 5.21. The topological polar surface area (TPSA) is 58.6 Å². The number of thiocarbonyl (C=S) groups is 1. The maximum absolute atomic E-state index is 12.3. The van der Waals surface area contributed by atoms with Gasteiger partial charge in [0.1, 0.15) is 10.7 Å². The van der Waals surface area contributed by atoms with E-state index in [4.69, 9.17) is 17.0 Å². The van der Waals surface area contributed by atoms with E-state index in [1.807, 2.05) is 60.7 Å². The molecule has 0 radical (unpaired) electrons. The van der Waals surface area contributed by atoms with Crippen LogP contribution < -0.4 is 10.1 Å². The largest absolute Gasteiger partial charge is 0.497 e. The zero-order valence-electron chi connectivity index (χ0n) is 15.4. The highest BCUT2D eigenvalue weighted by Gasteiger charge is 2.31. The molecule has 0 aromatic heterocycles. The summed E-state index contributed by atoms with van der Waals surface area (Å²) in [6, 6.07) is 16.8. The minimum atomic E-state index is -0.103. The molecule has 5 nitrogen and oxygen atoms in total. The molecule has 1 N–H and O–H groups in total. The number of amides is 2. The van der Waals surface area contributed by atoms with E-state index in [-0.39, 0.29) is 11.1 Å². The number of nitrogens with one attached hydrogen (secondary N) is 1. The van der Waals surface area contributed by atoms with Crippen LogP contribution in [0, 0.1) is 0 Å². The average Bonchev–Trinajstić information content (AvgIpc) is 2.96. The number of rotatable bonds is 7. The van der Waals surface area contributed by atoms with Crippen LogP contribution in [0.15, 0.2) is 59.5 Å². The van der Waals surface area contributed by atoms with Crippen molar-refractivity contribution >= 4 is 51.9 Å². The Kier molecular flexibility index (Phi) is 6.84. The van der Waals surface area contributed by atoms with Crippen LogP contribution in [0.25, 0.3) is 6.08 Å². The van der Waals surface area contributed by atoms with Crippen molar-refractivity contribution in [3.8, 4) is 5.75 Å². The summed E-state index contributed by atoms with van der Waals surface area (Å²) in [6.07, 6.45) is 2.76. The fourth-order valence-corrected chi connectivity index (χ4v) is 3.98. The number of ether oxygens (including phenoxy) is 1. The summed E-state index contributed by atoms with van der Waals surface area (Å²) in [5.74, 6) is 0.695. The van der Waals surface area contributed by atoms with Gasteiger partial charge in [-0.1, -0.05) is 42.5 Å². The van der Waals surface area contributed by atoms with Crippen molar-refractivity contribution in [2.45, 2.75) is 12.8 Å². The first kappa shape index (κ1) is 20.1. The van der Waals surface area contributed by atoms with Gasteiger partial charge >= 0.3 is 0 Å². The molecule has 0 unspecified atom stereocenters. The molecule has 1 aliphatic rings. The lowest BCUT2D eigenvalue weighted by atomic mass is 10.2. The molecule has 144 valence electrons. The first-order chi connectivity index (χ1) is 13.6. The van der Waals surface area contributed by atoms with E-state index >= 15 is 0 Å². The fraction of sp³-hybridized carbons (Fsp3) is 0.190. The normalized spacial score (nSPS) is 15.2. The SMILES string of the molecule is COc1ccc(/C=C2/SC(=O)N(CCCC(=O)Nc3ccccc3)C2=S)cc1. The summed E-state index contributed by atoms with van der Waals surface area (Å²) in [7, 11) is 1.62. The number of benzene rings is 2. The van der Waals surface area contributed by atoms with Gasteiger partial charge in [-0.05, 0) is 54.1 Å². The Hall–Kier alpha value is -2.64. The molecule has 0 spiro atoms. The molecule has 7 heteroatoms. The molecule has 0 saturated carbocycles. The zero-order valence-corrected chi connectivity index (χ0v) is 17.0. The molecule has 3 rings (SSSR count). The predicted octanol–water partition coefficient (Wildman–Crippen LogP) is 4.95. The van der Waals surface area contributed by atoms with E-state index in [0.717, 1.165) is 33.7 Å². The number of thioether (sulfide) groups is 1. The van der Waals surface area contributed by atoms with Gasteiger partial charge in [-0.25, -0.2) is 0 Å². The highest BCUT2D eigenvalue weighted by atomic mass is 32.2. The van der Waals surface area contributed by atoms with Crippen molar-refractivity contribution in [1.29, 1.82) is 0 Å². The van der Waals surface area contributed by atoms with Crippen LogP contribution in [0.4, 0.5) is 10.5 Å². The molecule has 2 amide bonds. The minimum Gasteiger partial charge on any atom is -0.497 e. The predicted molar refractivity (Wildman–Crippen MR) is 118 cm³/mol. The van der Waals surface area contributed by atoms with Crippen molar-refractivity contribution in [1.82, 2.24) is 4.90 Å². The molecular weight excluding hydrogens is 392 g/mol. The number of hydrogen-bond acceptors (Lipinski definition) is 5. The van der Waals surface area contributed by atoms with E-state index in [1.54, 1.807) is 12.0 Å². The van der Waals surface area contributed by atoms with Crippen LogP contribution >= 0.6 is 24.0 Å². The molecule has 0 bridgehead atoms. The Labute approximate surface area is 173 Å². The van der Waals surface area contributed by atoms with Crippen LogP contribution in [0.1, 0.15) is 18.4 Å². The van der Waals surface area contributed by atoms with Crippen molar-refractivity contribution in [3.05, 3.63) is 65.1 Å². The van der Waals surface area contributed by atoms with Crippen LogP contribution in [-0.2, 0) is 4.79 Å². The van der Waals surface area contributed by atoms with Gasteiger partial charge in [0.15, 0.2) is 0 Å². The molecule has 2 aromatic rings. The molecule has 1 saturated heterocycles. The Balaban J connectivity index is 1.53. The van der Waals surface area contributed by atoms with Gasteiger partial charge in [0.2, 0.25) is 5.91 Å². The summed E-state index contributed by atoms with van der Waals surface area (Å²) in [6.45, 7) is 0.423. The van der Waals surface area contributed by atoms with Gasteiger partial charge in [-0.15, -0.1) is 0 Å². The van der Waals surface area contributed by atoms with Gasteiger partial charge in [-0.2, -0.15) is 0 Å². The van der Waals surface area contributed by atoms with Crippen molar-refractivity contribution in [2.75, 3.05) is 19.0 Å². The van der Waals surface area contributed by atoms with Crippen molar-refractivity contribution in [2.24, 2.45) is 0 Å². The van der Waals surface area contributed by atoms with E-state index in [2.05, 4.69) is 5.32 Å². The maximum atomic E-state index is 12.3. The Morgan fingerprint density at radius 2 is 1.89 bits per heavy atom. The highest BCUT2D eigenvalue weighted by Crippen LogP contribution is 2.33. The quantitative estimate of drug-likeness (QED) is 0.515. The Morgan fingerprint density at radius 1 is 1.18 bits per heavy atom. The molecular formula is C21H20N2O3S2. The molecule has 1 fully saturated rings. The number of para-hydroxylation sites is 1. The highest BCUT2D eigenvalue weighted by molar-refractivity contribution is 8.19. The van der Waals surface area contributed by atoms with E-state index in [9.17, 15) is 9.59 Å². The number of carbonyl (C=O) groups is 2. The Bertz CT molecular complexity index is 896. The number of hydrogen-bond donors (Lipinski definition) is 1. The number of carbonyl (C=O) groups excluding carboxylic acids is 2. The van der Waals surface area contributed by atoms with E-state index in [1.165, 1.54) is 0 Å². The summed E-state index contributed by atoms with van der Waals surface area (Å²) in [5.41, 5.74) is 1.71. The molecule has 28 heavy (non-hydrogen) atoms. The van der Waals surface area contributed by atoms with Crippen molar-refractivity contribution < 1.29 is 14.3 Å². The Morgan fingerprint density at radius 3 is 2.57 bits per heavy atom. The molecule has 0 aliphatic carbocycles. The third-order valence-electron chi connectivity index (χ3n) is 4.13. The van der Waals surface area contributed by atoms with Crippen LogP contribution in [0.3, 0.4) is 0 Å². The lowest BCUT2D eigenvalue weighted by molar-refractivity contribution is -0.116. The van der Waals surface area contributed by atoms with Crippen molar-refractivity contribution in [3.63, 3.8) is 0 Å². The average molecular weight is 413 g/mol. The summed E-state index contributed by atoms with van der Waals surface area (Å²) in [4.78, 5) is 27.1. The maximum Gasteiger partial charge on any atom is 0.291 e. The monoisotopic (exact) mass is 412 g/mol. The minimum absolute atomic E-state index is 0.0783. The lowest BCUT2D eigenvalue weighted by Gasteiger charge is -2.14. The van der Waals surface area contributed by atoms with Gasteiger partial charge in [-0.3, -0.25) is 14.5 Å². The second-order valence-corrected chi connectivity index (χ2v) is 7.50. The molecule has 0 atom stereocenters. The van der Waals surface area contributed by atoms with E-state index < -0.39 is 0 Å². The first-order valence-corrected chi connectivity index (χ1v) is 10.0. The number of methoxy groups -OCH3 is 1. The fourth-order valence-electron chi connectivity index (χ4n) is 2.69. The lowest BCUT2D eigenvalue weighted by Crippen LogP contribution is -2.28. The summed E-state index contributed by atoms with van der Waals surface area (Å²) >= 11 is 6.58. The zero-order chi connectivity index (χ0) is 19.9. The second-order valence-electron chi connectivity index (χ2n) is 6.12. The van der Waals surface area contributed by atoms with E-state index in [0.29, 0.717) is 24.4 Å². The smallest absolute Gasteiger partial charge is 0.291 e. The molecule has 1 heterocycles. The summed E-state index contributed by atoms with van der Waals surface area (Å²) in [5, 5.41) is 2.73. The molecule has 1 aliphatic heterocycles.